The van der Waals surface area contributed by atoms with Gasteiger partial charge in [0.25, 0.3) is 0 Å². The van der Waals surface area contributed by atoms with Gasteiger partial charge in [0.1, 0.15) is 6.29 Å². The summed E-state index contributed by atoms with van der Waals surface area (Å²) in [5.74, 6) is 2.78. The maximum absolute atomic E-state index is 5.90. The van der Waals surface area contributed by atoms with Crippen molar-refractivity contribution in [2.45, 2.75) is 44.4 Å². The van der Waals surface area contributed by atoms with E-state index in [4.69, 9.17) is 5.73 Å². The van der Waals surface area contributed by atoms with Gasteiger partial charge in [-0.2, -0.15) is 0 Å². The van der Waals surface area contributed by atoms with E-state index in [1.165, 1.54) is 32.1 Å². The van der Waals surface area contributed by atoms with Gasteiger partial charge < -0.3 is 5.73 Å². The lowest BCUT2D eigenvalue weighted by Crippen LogP contribution is -2.65. The quantitative estimate of drug-likeness (QED) is 0.531. The molecule has 3 heteroatoms. The Labute approximate surface area is 85.8 Å². The van der Waals surface area contributed by atoms with Crippen molar-refractivity contribution in [2.24, 2.45) is 23.5 Å². The zero-order chi connectivity index (χ0) is 9.54. The van der Waals surface area contributed by atoms with Crippen LogP contribution in [0.3, 0.4) is 0 Å². The number of nitrogens with two attached hydrogens (primary N) is 1. The van der Waals surface area contributed by atoms with Crippen LogP contribution >= 0.6 is 0 Å². The topological polar surface area (TPSA) is 50.1 Å². The molecule has 3 fully saturated rings. The number of nitrogens with one attached hydrogen (secondary N) is 2. The Kier molecular flexibility index (Phi) is 2.26. The first kappa shape index (κ1) is 9.13. The summed E-state index contributed by atoms with van der Waals surface area (Å²) < 4.78 is 0. The molecule has 3 nitrogen and oxygen atoms in total. The van der Waals surface area contributed by atoms with E-state index >= 15 is 0 Å². The Bertz CT molecular complexity index is 219. The van der Waals surface area contributed by atoms with Gasteiger partial charge >= 0.3 is 0 Å². The van der Waals surface area contributed by atoms with E-state index in [1.54, 1.807) is 0 Å². The Balaban J connectivity index is 1.76. The number of fused-ring (bicyclic) bond motifs is 3. The Hall–Kier alpha value is -0.120. The highest BCUT2D eigenvalue weighted by Gasteiger charge is 2.43. The van der Waals surface area contributed by atoms with Gasteiger partial charge in [0.05, 0.1) is 0 Å². The first-order chi connectivity index (χ1) is 6.84. The molecule has 0 amide bonds. The molecule has 0 aromatic carbocycles. The summed E-state index contributed by atoms with van der Waals surface area (Å²) >= 11 is 0. The molecule has 80 valence electrons. The molecule has 2 aliphatic carbocycles. The maximum atomic E-state index is 5.90. The average molecular weight is 195 g/mol. The highest BCUT2D eigenvalue weighted by atomic mass is 15.3. The second-order valence-corrected chi connectivity index (χ2v) is 5.27. The van der Waals surface area contributed by atoms with E-state index in [9.17, 15) is 0 Å². The molecule has 14 heavy (non-hydrogen) atoms. The molecule has 2 saturated carbocycles. The van der Waals surface area contributed by atoms with Crippen LogP contribution in [0.1, 0.15) is 32.1 Å². The van der Waals surface area contributed by atoms with Crippen molar-refractivity contribution in [3.05, 3.63) is 0 Å². The summed E-state index contributed by atoms with van der Waals surface area (Å²) in [7, 11) is 0. The highest BCUT2D eigenvalue weighted by molar-refractivity contribution is 4.98. The number of hydrogen-bond donors (Lipinski definition) is 3. The second kappa shape index (κ2) is 3.47. The van der Waals surface area contributed by atoms with Gasteiger partial charge in [0.15, 0.2) is 0 Å². The molecule has 3 aliphatic rings. The first-order valence-electron chi connectivity index (χ1n) is 6.09. The Morgan fingerprint density at radius 3 is 2.79 bits per heavy atom. The molecule has 5 unspecified atom stereocenters. The van der Waals surface area contributed by atoms with Crippen LogP contribution in [0.15, 0.2) is 0 Å². The number of hydrogen-bond acceptors (Lipinski definition) is 3. The molecule has 3 rings (SSSR count). The van der Waals surface area contributed by atoms with Crippen LogP contribution in [0.4, 0.5) is 0 Å². The molecule has 0 aromatic heterocycles. The minimum atomic E-state index is 0.0376. The smallest absolute Gasteiger partial charge is 0.109 e. The summed E-state index contributed by atoms with van der Waals surface area (Å²) in [4.78, 5) is 0. The van der Waals surface area contributed by atoms with Crippen molar-refractivity contribution < 1.29 is 0 Å². The number of rotatable bonds is 0. The van der Waals surface area contributed by atoms with Crippen molar-refractivity contribution in [3.8, 4) is 0 Å². The van der Waals surface area contributed by atoms with Crippen molar-refractivity contribution in [3.63, 3.8) is 0 Å². The van der Waals surface area contributed by atoms with Gasteiger partial charge in [-0.15, -0.1) is 0 Å². The van der Waals surface area contributed by atoms with E-state index in [0.717, 1.165) is 24.3 Å². The van der Waals surface area contributed by atoms with E-state index in [1.807, 2.05) is 0 Å². The third-order valence-electron chi connectivity index (χ3n) is 4.57. The lowest BCUT2D eigenvalue weighted by atomic mass is 9.71. The molecule has 0 bridgehead atoms. The van der Waals surface area contributed by atoms with Crippen LogP contribution < -0.4 is 16.4 Å². The van der Waals surface area contributed by atoms with Gasteiger partial charge in [-0.3, -0.25) is 10.6 Å². The maximum Gasteiger partial charge on any atom is 0.109 e. The lowest BCUT2D eigenvalue weighted by molar-refractivity contribution is 0.0916. The lowest BCUT2D eigenvalue weighted by Gasteiger charge is -2.45. The van der Waals surface area contributed by atoms with E-state index in [-0.39, 0.29) is 6.29 Å². The van der Waals surface area contributed by atoms with Crippen molar-refractivity contribution in [1.82, 2.24) is 10.6 Å². The van der Waals surface area contributed by atoms with Crippen molar-refractivity contribution in [2.75, 3.05) is 6.54 Å². The molecular weight excluding hydrogens is 174 g/mol. The molecule has 0 radical (unpaired) electrons. The standard InChI is InChI=1S/C11H21N3/c12-11-13-6-8-5-4-7-2-1-3-9(7)10(8)14-11/h7-11,13-14H,1-6,12H2. The van der Waals surface area contributed by atoms with E-state index in [0.29, 0.717) is 6.04 Å². The van der Waals surface area contributed by atoms with Crippen LogP contribution in [0.2, 0.25) is 0 Å². The van der Waals surface area contributed by atoms with Crippen molar-refractivity contribution in [1.29, 1.82) is 0 Å². The predicted octanol–water partition coefficient (Wildman–Crippen LogP) is 0.616. The van der Waals surface area contributed by atoms with E-state index < -0.39 is 0 Å². The fraction of sp³-hybridized carbons (Fsp3) is 1.00. The van der Waals surface area contributed by atoms with E-state index in [2.05, 4.69) is 10.6 Å². The fourth-order valence-corrected chi connectivity index (χ4v) is 3.89. The molecule has 1 aliphatic heterocycles. The van der Waals surface area contributed by atoms with Crippen LogP contribution in [0, 0.1) is 17.8 Å². The monoisotopic (exact) mass is 195 g/mol. The summed E-state index contributed by atoms with van der Waals surface area (Å²) in [6.07, 6.45) is 7.26. The first-order valence-corrected chi connectivity index (χ1v) is 6.09. The Morgan fingerprint density at radius 2 is 1.86 bits per heavy atom. The van der Waals surface area contributed by atoms with Gasteiger partial charge in [0.2, 0.25) is 0 Å². The normalized spacial score (nSPS) is 52.5. The van der Waals surface area contributed by atoms with Gasteiger partial charge in [0, 0.05) is 12.6 Å². The zero-order valence-corrected chi connectivity index (χ0v) is 8.71. The molecule has 0 aromatic rings. The molecule has 4 N–H and O–H groups in total. The van der Waals surface area contributed by atoms with Crippen molar-refractivity contribution >= 4 is 0 Å². The third kappa shape index (κ3) is 1.38. The van der Waals surface area contributed by atoms with Crippen LogP contribution in [-0.2, 0) is 0 Å². The summed E-state index contributed by atoms with van der Waals surface area (Å²) in [5, 5.41) is 6.88. The van der Waals surface area contributed by atoms with Crippen LogP contribution in [0.5, 0.6) is 0 Å². The molecule has 0 spiro atoms. The van der Waals surface area contributed by atoms with Crippen LogP contribution in [0.25, 0.3) is 0 Å². The SMILES string of the molecule is NC1NCC2CCC3CCCC3C2N1. The summed E-state index contributed by atoms with van der Waals surface area (Å²) in [5.41, 5.74) is 5.90. The molecule has 1 saturated heterocycles. The largest absolute Gasteiger partial charge is 0.304 e. The second-order valence-electron chi connectivity index (χ2n) is 5.27. The van der Waals surface area contributed by atoms with Crippen LogP contribution in [-0.4, -0.2) is 18.9 Å². The Morgan fingerprint density at radius 1 is 1.00 bits per heavy atom. The molecular formula is C11H21N3. The fourth-order valence-electron chi connectivity index (χ4n) is 3.89. The summed E-state index contributed by atoms with van der Waals surface area (Å²) in [6.45, 7) is 1.13. The average Bonchev–Trinajstić information content (AvgIpc) is 2.65. The minimum absolute atomic E-state index is 0.0376. The molecule has 1 heterocycles. The molecule has 5 atom stereocenters. The predicted molar refractivity (Wildman–Crippen MR) is 56.5 cm³/mol. The van der Waals surface area contributed by atoms with Gasteiger partial charge in [-0.1, -0.05) is 12.8 Å². The third-order valence-corrected chi connectivity index (χ3v) is 4.57. The van der Waals surface area contributed by atoms with Gasteiger partial charge in [-0.25, -0.2) is 0 Å². The summed E-state index contributed by atoms with van der Waals surface area (Å²) in [6, 6.07) is 0.715. The zero-order valence-electron chi connectivity index (χ0n) is 8.71. The highest BCUT2D eigenvalue weighted by Crippen LogP contribution is 2.44. The minimum Gasteiger partial charge on any atom is -0.304 e. The van der Waals surface area contributed by atoms with Gasteiger partial charge in [-0.05, 0) is 37.0 Å².